The maximum absolute atomic E-state index is 13.5. The number of nitrogens with zero attached hydrogens (tertiary/aromatic N) is 4. The number of benzene rings is 3. The number of hydrazone groups is 1. The van der Waals surface area contributed by atoms with E-state index in [4.69, 9.17) is 4.74 Å². The van der Waals surface area contributed by atoms with E-state index in [9.17, 15) is 26.4 Å². The van der Waals surface area contributed by atoms with Crippen LogP contribution in [0.1, 0.15) is 24.8 Å². The predicted octanol–water partition coefficient (Wildman–Crippen LogP) is 2.29. The van der Waals surface area contributed by atoms with Crippen molar-refractivity contribution in [2.75, 3.05) is 39.3 Å². The molecule has 2 fully saturated rings. The SMILES string of the molecule is O=C(N/N=C\c1ccc(OCC(=O)N2CCCCC2)cc1)[C@H]1CN(S(=O)(=O)c2ccccc2)CCN1S(=O)(=O)c1ccccc1. The van der Waals surface area contributed by atoms with Crippen LogP contribution in [0, 0.1) is 0 Å². The molecular formula is C31H35N5O7S2. The molecule has 45 heavy (non-hydrogen) atoms. The number of likely N-dealkylation sites (tertiary alicyclic amines) is 1. The highest BCUT2D eigenvalue weighted by molar-refractivity contribution is 7.89. The van der Waals surface area contributed by atoms with Gasteiger partial charge in [-0.3, -0.25) is 9.59 Å². The van der Waals surface area contributed by atoms with Crippen LogP contribution in [-0.2, 0) is 29.6 Å². The average Bonchev–Trinajstić information content (AvgIpc) is 3.08. The van der Waals surface area contributed by atoms with Crippen molar-refractivity contribution in [2.45, 2.75) is 35.1 Å². The molecule has 2 amide bonds. The van der Waals surface area contributed by atoms with E-state index in [1.54, 1.807) is 60.7 Å². The normalized spacial score (nSPS) is 18.5. The van der Waals surface area contributed by atoms with E-state index in [0.717, 1.165) is 41.0 Å². The summed E-state index contributed by atoms with van der Waals surface area (Å²) in [6, 6.07) is 20.8. The largest absolute Gasteiger partial charge is 0.484 e. The minimum Gasteiger partial charge on any atom is -0.484 e. The summed E-state index contributed by atoms with van der Waals surface area (Å²) < 4.78 is 61.5. The van der Waals surface area contributed by atoms with E-state index in [0.29, 0.717) is 11.3 Å². The fourth-order valence-corrected chi connectivity index (χ4v) is 8.25. The molecule has 3 aromatic rings. The van der Waals surface area contributed by atoms with Gasteiger partial charge in [0.15, 0.2) is 6.61 Å². The number of sulfonamides is 2. The molecule has 0 radical (unpaired) electrons. The molecule has 12 nitrogen and oxygen atoms in total. The molecule has 5 rings (SSSR count). The monoisotopic (exact) mass is 653 g/mol. The molecule has 2 heterocycles. The van der Waals surface area contributed by atoms with Crippen LogP contribution in [0.2, 0.25) is 0 Å². The van der Waals surface area contributed by atoms with Gasteiger partial charge in [-0.1, -0.05) is 36.4 Å². The standard InChI is InChI=1S/C31H35N5O7S2/c37-30(34-18-8-3-9-19-34)24-43-26-16-14-25(15-17-26)22-32-33-31(38)29-23-35(44(39,40)27-10-4-1-5-11-27)20-21-36(29)45(41,42)28-12-6-2-7-13-28/h1-2,4-7,10-17,22,29H,3,8-9,18-21,23-24H2,(H,33,38)/b32-22-/t29-/m1/s1. The number of carbonyl (C=O) groups is 2. The van der Waals surface area contributed by atoms with Crippen molar-refractivity contribution in [1.29, 1.82) is 0 Å². The number of piperazine rings is 1. The second-order valence-corrected chi connectivity index (χ2v) is 14.5. The average molecular weight is 654 g/mol. The van der Waals surface area contributed by atoms with Gasteiger partial charge in [0.2, 0.25) is 20.0 Å². The van der Waals surface area contributed by atoms with Gasteiger partial charge in [0.1, 0.15) is 11.8 Å². The van der Waals surface area contributed by atoms with Crippen molar-refractivity contribution in [1.82, 2.24) is 18.9 Å². The summed E-state index contributed by atoms with van der Waals surface area (Å²) in [6.07, 6.45) is 4.51. The summed E-state index contributed by atoms with van der Waals surface area (Å²) in [7, 11) is -8.12. The number of rotatable bonds is 10. The summed E-state index contributed by atoms with van der Waals surface area (Å²) in [5, 5.41) is 4.00. The number of amides is 2. The molecule has 0 unspecified atom stereocenters. The van der Waals surface area contributed by atoms with Crippen LogP contribution >= 0.6 is 0 Å². The van der Waals surface area contributed by atoms with E-state index in [2.05, 4.69) is 10.5 Å². The lowest BCUT2D eigenvalue weighted by Gasteiger charge is -2.38. The molecule has 0 spiro atoms. The third-order valence-electron chi connectivity index (χ3n) is 7.67. The molecule has 1 N–H and O–H groups in total. The first-order valence-electron chi connectivity index (χ1n) is 14.6. The number of hydrogen-bond donors (Lipinski definition) is 1. The molecule has 14 heteroatoms. The highest BCUT2D eigenvalue weighted by Crippen LogP contribution is 2.25. The summed E-state index contributed by atoms with van der Waals surface area (Å²) in [6.45, 7) is 0.695. The Hall–Kier alpha value is -4.11. The van der Waals surface area contributed by atoms with Gasteiger partial charge in [0.05, 0.1) is 16.0 Å². The van der Waals surface area contributed by atoms with Crippen LogP contribution in [0.5, 0.6) is 5.75 Å². The Morgan fingerprint density at radius 3 is 2.00 bits per heavy atom. The van der Waals surface area contributed by atoms with Crippen molar-refractivity contribution in [3.8, 4) is 5.75 Å². The zero-order valence-corrected chi connectivity index (χ0v) is 26.2. The van der Waals surface area contributed by atoms with Crippen molar-refractivity contribution < 1.29 is 31.2 Å². The van der Waals surface area contributed by atoms with E-state index >= 15 is 0 Å². The minimum absolute atomic E-state index is 0.00870. The quantitative estimate of drug-likeness (QED) is 0.261. The summed E-state index contributed by atoms with van der Waals surface area (Å²) >= 11 is 0. The van der Waals surface area contributed by atoms with Gasteiger partial charge < -0.3 is 9.64 Å². The Bertz CT molecular complexity index is 1710. The Kier molecular flexibility index (Phi) is 10.3. The van der Waals surface area contributed by atoms with Crippen molar-refractivity contribution in [3.05, 3.63) is 90.5 Å². The third-order valence-corrected chi connectivity index (χ3v) is 11.5. The zero-order valence-electron chi connectivity index (χ0n) is 24.6. The lowest BCUT2D eigenvalue weighted by Crippen LogP contribution is -2.60. The molecule has 3 aromatic carbocycles. The van der Waals surface area contributed by atoms with E-state index < -0.39 is 38.5 Å². The van der Waals surface area contributed by atoms with Gasteiger partial charge in [0.25, 0.3) is 11.8 Å². The van der Waals surface area contributed by atoms with Crippen LogP contribution in [0.4, 0.5) is 0 Å². The second-order valence-electron chi connectivity index (χ2n) is 10.7. The van der Waals surface area contributed by atoms with Crippen molar-refractivity contribution in [2.24, 2.45) is 5.10 Å². The molecule has 1 atom stereocenters. The molecule has 0 saturated carbocycles. The first-order chi connectivity index (χ1) is 21.7. The lowest BCUT2D eigenvalue weighted by atomic mass is 10.1. The maximum atomic E-state index is 13.5. The first-order valence-corrected chi connectivity index (χ1v) is 17.5. The Morgan fingerprint density at radius 1 is 0.778 bits per heavy atom. The summed E-state index contributed by atoms with van der Waals surface area (Å²) in [5.74, 6) is -0.329. The van der Waals surface area contributed by atoms with E-state index in [1.807, 2.05) is 4.90 Å². The lowest BCUT2D eigenvalue weighted by molar-refractivity contribution is -0.134. The van der Waals surface area contributed by atoms with Crippen molar-refractivity contribution >= 4 is 38.1 Å². The Labute approximate surface area is 263 Å². The van der Waals surface area contributed by atoms with Gasteiger partial charge in [-0.15, -0.1) is 0 Å². The van der Waals surface area contributed by atoms with Gasteiger partial charge in [-0.25, -0.2) is 22.3 Å². The predicted molar refractivity (Wildman–Crippen MR) is 167 cm³/mol. The Balaban J connectivity index is 1.27. The van der Waals surface area contributed by atoms with Crippen LogP contribution in [0.15, 0.2) is 99.8 Å². The molecule has 2 aliphatic heterocycles. The van der Waals surface area contributed by atoms with Gasteiger partial charge in [0, 0.05) is 32.7 Å². The topological polar surface area (TPSA) is 146 Å². The summed E-state index contributed by atoms with van der Waals surface area (Å²) in [5.41, 5.74) is 2.99. The fourth-order valence-electron chi connectivity index (χ4n) is 5.20. The van der Waals surface area contributed by atoms with Crippen LogP contribution in [-0.4, -0.2) is 93.7 Å². The van der Waals surface area contributed by atoms with Gasteiger partial charge >= 0.3 is 0 Å². The molecular weight excluding hydrogens is 619 g/mol. The number of carbonyl (C=O) groups excluding carboxylic acids is 2. The Morgan fingerprint density at radius 2 is 1.38 bits per heavy atom. The molecule has 238 valence electrons. The highest BCUT2D eigenvalue weighted by Gasteiger charge is 2.43. The van der Waals surface area contributed by atoms with Crippen LogP contribution in [0.25, 0.3) is 0 Å². The maximum Gasteiger partial charge on any atom is 0.260 e. The van der Waals surface area contributed by atoms with E-state index in [-0.39, 0.29) is 35.4 Å². The number of nitrogens with one attached hydrogen (secondary N) is 1. The number of ether oxygens (including phenoxy) is 1. The second kappa shape index (κ2) is 14.3. The third kappa shape index (κ3) is 7.76. The minimum atomic E-state index is -4.13. The molecule has 2 aliphatic rings. The van der Waals surface area contributed by atoms with E-state index in [1.165, 1.54) is 30.5 Å². The first kappa shape index (κ1) is 32.3. The molecule has 2 saturated heterocycles. The summed E-state index contributed by atoms with van der Waals surface area (Å²) in [4.78, 5) is 27.6. The number of hydrogen-bond acceptors (Lipinski definition) is 8. The zero-order chi connectivity index (χ0) is 31.9. The van der Waals surface area contributed by atoms with Gasteiger partial charge in [-0.2, -0.15) is 13.7 Å². The highest BCUT2D eigenvalue weighted by atomic mass is 32.2. The van der Waals surface area contributed by atoms with Crippen LogP contribution < -0.4 is 10.2 Å². The van der Waals surface area contributed by atoms with Crippen LogP contribution in [0.3, 0.4) is 0 Å². The van der Waals surface area contributed by atoms with Gasteiger partial charge in [-0.05, 0) is 73.4 Å². The molecule has 0 aliphatic carbocycles. The molecule has 0 aromatic heterocycles. The smallest absolute Gasteiger partial charge is 0.260 e. The number of piperidine rings is 1. The van der Waals surface area contributed by atoms with Crippen molar-refractivity contribution in [3.63, 3.8) is 0 Å². The molecule has 0 bridgehead atoms. The fraction of sp³-hybridized carbons (Fsp3) is 0.323.